The zero-order valence-electron chi connectivity index (χ0n) is 11.1. The Balaban J connectivity index is 1.98. The third kappa shape index (κ3) is 3.42. The van der Waals surface area contributed by atoms with Crippen LogP contribution in [0.1, 0.15) is 32.9 Å². The second-order valence-electron chi connectivity index (χ2n) is 5.25. The van der Waals surface area contributed by atoms with Crippen LogP contribution in [0.5, 0.6) is 0 Å². The first kappa shape index (κ1) is 12.8. The fourth-order valence-electron chi connectivity index (χ4n) is 2.59. The minimum absolute atomic E-state index is 0.792. The van der Waals surface area contributed by atoms with Crippen LogP contribution in [0.2, 0.25) is 0 Å². The molecule has 0 aliphatic carbocycles. The van der Waals surface area contributed by atoms with Gasteiger partial charge in [0.1, 0.15) is 0 Å². The highest BCUT2D eigenvalue weighted by Gasteiger charge is 2.23. The molecule has 1 aromatic rings. The van der Waals surface area contributed by atoms with E-state index in [1.165, 1.54) is 30.3 Å². The first-order valence-corrected chi connectivity index (χ1v) is 7.47. The average molecular weight is 253 g/mol. The van der Waals surface area contributed by atoms with Crippen molar-refractivity contribution in [3.8, 4) is 0 Å². The molecule has 1 aromatic heterocycles. The number of hydrogen-bond acceptors (Lipinski definition) is 4. The van der Waals surface area contributed by atoms with E-state index >= 15 is 0 Å². The Kier molecular flexibility index (Phi) is 4.40. The van der Waals surface area contributed by atoms with E-state index in [9.17, 15) is 0 Å². The molecule has 96 valence electrons. The maximum atomic E-state index is 4.72. The first-order chi connectivity index (χ1) is 8.19. The maximum Gasteiger partial charge on any atom is 0.185 e. The van der Waals surface area contributed by atoms with Crippen molar-refractivity contribution in [1.82, 2.24) is 10.3 Å². The summed E-state index contributed by atoms with van der Waals surface area (Å²) in [7, 11) is 0. The summed E-state index contributed by atoms with van der Waals surface area (Å²) >= 11 is 1.79. The molecule has 3 nitrogen and oxygen atoms in total. The fraction of sp³-hybridized carbons (Fsp3) is 0.769. The van der Waals surface area contributed by atoms with Crippen LogP contribution in [-0.4, -0.2) is 24.6 Å². The Morgan fingerprint density at radius 3 is 2.76 bits per heavy atom. The van der Waals surface area contributed by atoms with Crippen molar-refractivity contribution in [2.24, 2.45) is 11.8 Å². The van der Waals surface area contributed by atoms with E-state index in [1.54, 1.807) is 11.3 Å². The van der Waals surface area contributed by atoms with Gasteiger partial charge in [0, 0.05) is 25.0 Å². The van der Waals surface area contributed by atoms with Gasteiger partial charge in [-0.15, -0.1) is 11.3 Å². The van der Waals surface area contributed by atoms with Gasteiger partial charge >= 0.3 is 0 Å². The van der Waals surface area contributed by atoms with E-state index in [0.29, 0.717) is 0 Å². The monoisotopic (exact) mass is 253 g/mol. The van der Waals surface area contributed by atoms with Crippen LogP contribution in [0, 0.1) is 11.8 Å². The van der Waals surface area contributed by atoms with Gasteiger partial charge in [-0.2, -0.15) is 0 Å². The van der Waals surface area contributed by atoms with E-state index < -0.39 is 0 Å². The Bertz CT molecular complexity index is 340. The van der Waals surface area contributed by atoms with Crippen LogP contribution in [0.4, 0.5) is 5.13 Å². The van der Waals surface area contributed by atoms with E-state index in [1.807, 2.05) is 0 Å². The third-order valence-corrected chi connectivity index (χ3v) is 4.19. The summed E-state index contributed by atoms with van der Waals surface area (Å²) in [6.45, 7) is 11.0. The summed E-state index contributed by atoms with van der Waals surface area (Å²) in [5.74, 6) is 1.58. The van der Waals surface area contributed by atoms with Crippen molar-refractivity contribution in [2.75, 3.05) is 24.5 Å². The molecular formula is C13H23N3S. The lowest BCUT2D eigenvalue weighted by Gasteiger charge is -2.34. The molecule has 2 unspecified atom stereocenters. The number of thiazole rings is 1. The topological polar surface area (TPSA) is 28.2 Å². The van der Waals surface area contributed by atoms with Crippen LogP contribution >= 0.6 is 11.3 Å². The van der Waals surface area contributed by atoms with Gasteiger partial charge in [0.2, 0.25) is 0 Å². The SMILES string of the molecule is CCNCc1csc(N2CC(C)CC(C)C2)n1. The lowest BCUT2D eigenvalue weighted by atomic mass is 9.92. The summed E-state index contributed by atoms with van der Waals surface area (Å²) < 4.78 is 0. The molecule has 0 saturated carbocycles. The summed E-state index contributed by atoms with van der Waals surface area (Å²) in [5.41, 5.74) is 1.18. The Labute approximate surface area is 108 Å². The molecule has 4 heteroatoms. The van der Waals surface area contributed by atoms with Crippen LogP contribution in [0.3, 0.4) is 0 Å². The van der Waals surface area contributed by atoms with Gasteiger partial charge in [0.25, 0.3) is 0 Å². The van der Waals surface area contributed by atoms with E-state index in [0.717, 1.165) is 24.9 Å². The Morgan fingerprint density at radius 1 is 1.41 bits per heavy atom. The molecule has 17 heavy (non-hydrogen) atoms. The van der Waals surface area contributed by atoms with Crippen molar-refractivity contribution in [3.63, 3.8) is 0 Å². The number of rotatable bonds is 4. The molecule has 0 bridgehead atoms. The van der Waals surface area contributed by atoms with Gasteiger partial charge in [-0.05, 0) is 24.8 Å². The summed E-state index contributed by atoms with van der Waals surface area (Å²) in [6, 6.07) is 0. The number of piperidine rings is 1. The predicted molar refractivity (Wildman–Crippen MR) is 74.7 cm³/mol. The minimum Gasteiger partial charge on any atom is -0.348 e. The van der Waals surface area contributed by atoms with E-state index in [4.69, 9.17) is 4.98 Å². The number of nitrogens with zero attached hydrogens (tertiary/aromatic N) is 2. The zero-order valence-corrected chi connectivity index (χ0v) is 11.9. The molecule has 1 N–H and O–H groups in total. The van der Waals surface area contributed by atoms with Crippen LogP contribution in [0.15, 0.2) is 5.38 Å². The zero-order chi connectivity index (χ0) is 12.3. The second kappa shape index (κ2) is 5.83. The smallest absolute Gasteiger partial charge is 0.185 e. The molecule has 0 amide bonds. The van der Waals surface area contributed by atoms with Gasteiger partial charge in [0.15, 0.2) is 5.13 Å². The molecule has 2 rings (SSSR count). The number of anilines is 1. The van der Waals surface area contributed by atoms with Gasteiger partial charge in [-0.25, -0.2) is 4.98 Å². The molecule has 1 aliphatic rings. The Morgan fingerprint density at radius 2 is 2.12 bits per heavy atom. The van der Waals surface area contributed by atoms with Crippen molar-refractivity contribution in [1.29, 1.82) is 0 Å². The lowest BCUT2D eigenvalue weighted by molar-refractivity contribution is 0.356. The fourth-order valence-corrected chi connectivity index (χ4v) is 3.44. The Hall–Kier alpha value is -0.610. The molecule has 2 atom stereocenters. The van der Waals surface area contributed by atoms with E-state index in [-0.39, 0.29) is 0 Å². The van der Waals surface area contributed by atoms with Crippen molar-refractivity contribution >= 4 is 16.5 Å². The van der Waals surface area contributed by atoms with Gasteiger partial charge in [-0.3, -0.25) is 0 Å². The minimum atomic E-state index is 0.792. The van der Waals surface area contributed by atoms with Crippen LogP contribution < -0.4 is 10.2 Å². The van der Waals surface area contributed by atoms with Gasteiger partial charge in [0.05, 0.1) is 5.69 Å². The molecule has 0 aromatic carbocycles. The van der Waals surface area contributed by atoms with Crippen molar-refractivity contribution in [3.05, 3.63) is 11.1 Å². The van der Waals surface area contributed by atoms with Crippen LogP contribution in [0.25, 0.3) is 0 Å². The standard InChI is InChI=1S/C13H23N3S/c1-4-14-6-12-9-17-13(15-12)16-7-10(2)5-11(3)8-16/h9-11,14H,4-8H2,1-3H3. The van der Waals surface area contributed by atoms with Crippen molar-refractivity contribution < 1.29 is 0 Å². The van der Waals surface area contributed by atoms with Gasteiger partial charge in [-0.1, -0.05) is 20.8 Å². The quantitative estimate of drug-likeness (QED) is 0.894. The summed E-state index contributed by atoms with van der Waals surface area (Å²) in [4.78, 5) is 7.18. The molecule has 1 fully saturated rings. The van der Waals surface area contributed by atoms with Gasteiger partial charge < -0.3 is 10.2 Å². The first-order valence-electron chi connectivity index (χ1n) is 6.59. The number of aromatic nitrogens is 1. The largest absolute Gasteiger partial charge is 0.348 e. The molecule has 1 aliphatic heterocycles. The summed E-state index contributed by atoms with van der Waals surface area (Å²) in [5, 5.41) is 6.71. The molecule has 2 heterocycles. The molecule has 0 radical (unpaired) electrons. The summed E-state index contributed by atoms with van der Waals surface area (Å²) in [6.07, 6.45) is 1.35. The van der Waals surface area contributed by atoms with Crippen LogP contribution in [-0.2, 0) is 6.54 Å². The lowest BCUT2D eigenvalue weighted by Crippen LogP contribution is -2.38. The maximum absolute atomic E-state index is 4.72. The highest BCUT2D eigenvalue weighted by atomic mass is 32.1. The van der Waals surface area contributed by atoms with Crippen molar-refractivity contribution in [2.45, 2.75) is 33.7 Å². The van der Waals surface area contributed by atoms with E-state index in [2.05, 4.69) is 36.4 Å². The normalized spacial score (nSPS) is 25.2. The molecule has 1 saturated heterocycles. The molecular weight excluding hydrogens is 230 g/mol. The average Bonchev–Trinajstić information content (AvgIpc) is 2.73. The highest BCUT2D eigenvalue weighted by molar-refractivity contribution is 7.13. The predicted octanol–water partition coefficient (Wildman–Crippen LogP) is 2.73. The third-order valence-electron chi connectivity index (χ3n) is 3.24. The second-order valence-corrected chi connectivity index (χ2v) is 6.09. The molecule has 0 spiro atoms. The number of hydrogen-bond donors (Lipinski definition) is 1. The highest BCUT2D eigenvalue weighted by Crippen LogP contribution is 2.28. The number of nitrogens with one attached hydrogen (secondary N) is 1.